The van der Waals surface area contributed by atoms with Crippen molar-refractivity contribution in [1.29, 1.82) is 0 Å². The second-order valence-corrected chi connectivity index (χ2v) is 4.36. The van der Waals surface area contributed by atoms with Crippen LogP contribution in [0.15, 0.2) is 15.0 Å². The van der Waals surface area contributed by atoms with Gasteiger partial charge in [0.15, 0.2) is 11.7 Å². The number of hydrogen-bond acceptors (Lipinski definition) is 5. The third-order valence-electron chi connectivity index (χ3n) is 2.65. The molecule has 102 valence electrons. The molecule has 6 nitrogen and oxygen atoms in total. The highest BCUT2D eigenvalue weighted by Crippen LogP contribution is 2.10. The zero-order valence-electron chi connectivity index (χ0n) is 11.3. The van der Waals surface area contributed by atoms with Crippen LogP contribution in [0.1, 0.15) is 46.9 Å². The van der Waals surface area contributed by atoms with Gasteiger partial charge in [0.2, 0.25) is 5.76 Å². The molecule has 2 aromatic rings. The second kappa shape index (κ2) is 5.69. The third-order valence-corrected chi connectivity index (χ3v) is 2.65. The topological polar surface area (TPSA) is 81.2 Å². The second-order valence-electron chi connectivity index (χ2n) is 4.36. The van der Waals surface area contributed by atoms with Crippen molar-refractivity contribution in [2.24, 2.45) is 0 Å². The van der Waals surface area contributed by atoms with Gasteiger partial charge in [-0.25, -0.2) is 4.98 Å². The fourth-order valence-corrected chi connectivity index (χ4v) is 1.80. The predicted molar refractivity (Wildman–Crippen MR) is 67.6 cm³/mol. The highest BCUT2D eigenvalue weighted by Gasteiger charge is 2.16. The number of rotatable bonds is 5. The largest absolute Gasteiger partial charge is 0.436 e. The molecule has 0 bridgehead atoms. The maximum Gasteiger partial charge on any atom is 0.289 e. The van der Waals surface area contributed by atoms with Crippen LogP contribution in [0.25, 0.3) is 0 Å². The number of carbonyl (C=O) groups excluding carboxylic acids is 1. The molecule has 0 aromatic carbocycles. The van der Waals surface area contributed by atoms with Crippen LogP contribution >= 0.6 is 0 Å². The molecule has 0 unspecified atom stereocenters. The SMILES string of the molecule is CCCc1cc(CNC(=O)c2oc(C)nc2C)on1. The van der Waals surface area contributed by atoms with E-state index in [0.717, 1.165) is 18.5 Å². The van der Waals surface area contributed by atoms with Crippen LogP contribution in [-0.2, 0) is 13.0 Å². The van der Waals surface area contributed by atoms with Crippen LogP contribution < -0.4 is 5.32 Å². The predicted octanol–water partition coefficient (Wildman–Crippen LogP) is 2.16. The lowest BCUT2D eigenvalue weighted by Crippen LogP contribution is -2.22. The lowest BCUT2D eigenvalue weighted by Gasteiger charge is -1.99. The first-order chi connectivity index (χ1) is 9.10. The average Bonchev–Trinajstić information content (AvgIpc) is 2.93. The summed E-state index contributed by atoms with van der Waals surface area (Å²) in [6.45, 7) is 5.80. The lowest BCUT2D eigenvalue weighted by atomic mass is 10.2. The molecule has 0 saturated heterocycles. The van der Waals surface area contributed by atoms with Crippen molar-refractivity contribution in [3.05, 3.63) is 34.9 Å². The van der Waals surface area contributed by atoms with Gasteiger partial charge in [0.25, 0.3) is 5.91 Å². The first-order valence-corrected chi connectivity index (χ1v) is 6.27. The summed E-state index contributed by atoms with van der Waals surface area (Å²) >= 11 is 0. The van der Waals surface area contributed by atoms with Gasteiger partial charge in [-0.2, -0.15) is 0 Å². The Balaban J connectivity index is 1.94. The van der Waals surface area contributed by atoms with E-state index in [1.54, 1.807) is 13.8 Å². The number of aryl methyl sites for hydroxylation is 3. The van der Waals surface area contributed by atoms with Crippen LogP contribution in [0.2, 0.25) is 0 Å². The van der Waals surface area contributed by atoms with Crippen LogP contribution in [-0.4, -0.2) is 16.0 Å². The Morgan fingerprint density at radius 1 is 1.42 bits per heavy atom. The standard InChI is InChI=1S/C13H17N3O3/c1-4-5-10-6-11(19-16-10)7-14-13(17)12-8(2)15-9(3)18-12/h6H,4-5,7H2,1-3H3,(H,14,17). The Morgan fingerprint density at radius 3 is 2.84 bits per heavy atom. The monoisotopic (exact) mass is 263 g/mol. The van der Waals surface area contributed by atoms with Crippen molar-refractivity contribution < 1.29 is 13.7 Å². The molecule has 1 N–H and O–H groups in total. The van der Waals surface area contributed by atoms with Crippen LogP contribution in [0.4, 0.5) is 0 Å². The number of nitrogens with one attached hydrogen (secondary N) is 1. The van der Waals surface area contributed by atoms with Crippen molar-refractivity contribution in [3.63, 3.8) is 0 Å². The van der Waals surface area contributed by atoms with E-state index < -0.39 is 0 Å². The fraction of sp³-hybridized carbons (Fsp3) is 0.462. The van der Waals surface area contributed by atoms with E-state index in [2.05, 4.69) is 22.4 Å². The highest BCUT2D eigenvalue weighted by molar-refractivity contribution is 5.92. The molecule has 0 aliphatic heterocycles. The maximum absolute atomic E-state index is 11.9. The van der Waals surface area contributed by atoms with Crippen LogP contribution in [0.5, 0.6) is 0 Å². The van der Waals surface area contributed by atoms with Gasteiger partial charge in [0.05, 0.1) is 17.9 Å². The summed E-state index contributed by atoms with van der Waals surface area (Å²) in [4.78, 5) is 15.9. The first-order valence-electron chi connectivity index (χ1n) is 6.27. The summed E-state index contributed by atoms with van der Waals surface area (Å²) in [6, 6.07) is 1.85. The molecule has 2 aromatic heterocycles. The van der Waals surface area contributed by atoms with Gasteiger partial charge in [-0.3, -0.25) is 4.79 Å². The average molecular weight is 263 g/mol. The highest BCUT2D eigenvalue weighted by atomic mass is 16.5. The third kappa shape index (κ3) is 3.21. The van der Waals surface area contributed by atoms with E-state index in [1.807, 2.05) is 6.07 Å². The van der Waals surface area contributed by atoms with Crippen LogP contribution in [0, 0.1) is 13.8 Å². The molecule has 0 aliphatic carbocycles. The van der Waals surface area contributed by atoms with Gasteiger partial charge >= 0.3 is 0 Å². The van der Waals surface area contributed by atoms with E-state index in [1.165, 1.54) is 0 Å². The van der Waals surface area contributed by atoms with Crippen molar-refractivity contribution in [1.82, 2.24) is 15.5 Å². The van der Waals surface area contributed by atoms with E-state index in [4.69, 9.17) is 8.94 Å². The van der Waals surface area contributed by atoms with E-state index in [-0.39, 0.29) is 18.2 Å². The number of oxazole rings is 1. The first kappa shape index (κ1) is 13.3. The van der Waals surface area contributed by atoms with Gasteiger partial charge < -0.3 is 14.3 Å². The van der Waals surface area contributed by atoms with Crippen molar-refractivity contribution >= 4 is 5.91 Å². The smallest absolute Gasteiger partial charge is 0.289 e. The Kier molecular flexibility index (Phi) is 3.99. The Hall–Kier alpha value is -2.11. The number of hydrogen-bond donors (Lipinski definition) is 1. The molecule has 0 atom stereocenters. The molecule has 0 aliphatic rings. The summed E-state index contributed by atoms with van der Waals surface area (Å²) in [5.74, 6) is 1.05. The van der Waals surface area contributed by atoms with Gasteiger partial charge in [0, 0.05) is 13.0 Å². The van der Waals surface area contributed by atoms with Gasteiger partial charge in [-0.15, -0.1) is 0 Å². The number of aromatic nitrogens is 2. The molecule has 0 fully saturated rings. The van der Waals surface area contributed by atoms with Crippen LogP contribution in [0.3, 0.4) is 0 Å². The van der Waals surface area contributed by atoms with E-state index >= 15 is 0 Å². The van der Waals surface area contributed by atoms with Crippen molar-refractivity contribution in [2.75, 3.05) is 0 Å². The Morgan fingerprint density at radius 2 is 2.21 bits per heavy atom. The molecule has 1 amide bonds. The molecule has 0 spiro atoms. The van der Waals surface area contributed by atoms with Gasteiger partial charge in [-0.1, -0.05) is 18.5 Å². The molecule has 6 heteroatoms. The molecule has 2 rings (SSSR count). The number of carbonyl (C=O) groups is 1. The molecular weight excluding hydrogens is 246 g/mol. The van der Waals surface area contributed by atoms with Crippen molar-refractivity contribution in [2.45, 2.75) is 40.2 Å². The summed E-state index contributed by atoms with van der Waals surface area (Å²) in [7, 11) is 0. The van der Waals surface area contributed by atoms with Gasteiger partial charge in [0.1, 0.15) is 0 Å². The Bertz CT molecular complexity index is 571. The quantitative estimate of drug-likeness (QED) is 0.894. The van der Waals surface area contributed by atoms with Gasteiger partial charge in [-0.05, 0) is 13.3 Å². The number of nitrogens with zero attached hydrogens (tertiary/aromatic N) is 2. The minimum absolute atomic E-state index is 0.241. The molecule has 19 heavy (non-hydrogen) atoms. The zero-order valence-corrected chi connectivity index (χ0v) is 11.3. The lowest BCUT2D eigenvalue weighted by molar-refractivity contribution is 0.0917. The fourth-order valence-electron chi connectivity index (χ4n) is 1.80. The summed E-state index contributed by atoms with van der Waals surface area (Å²) in [6.07, 6.45) is 1.88. The van der Waals surface area contributed by atoms with E-state index in [9.17, 15) is 4.79 Å². The minimum atomic E-state index is -0.299. The zero-order chi connectivity index (χ0) is 13.8. The normalized spacial score (nSPS) is 10.7. The Labute approximate surface area is 111 Å². The molecule has 0 radical (unpaired) electrons. The van der Waals surface area contributed by atoms with Crippen molar-refractivity contribution in [3.8, 4) is 0 Å². The molecular formula is C13H17N3O3. The molecule has 2 heterocycles. The minimum Gasteiger partial charge on any atom is -0.436 e. The maximum atomic E-state index is 11.9. The summed E-state index contributed by atoms with van der Waals surface area (Å²) < 4.78 is 10.4. The molecule has 0 saturated carbocycles. The summed E-state index contributed by atoms with van der Waals surface area (Å²) in [5.41, 5.74) is 1.48. The summed E-state index contributed by atoms with van der Waals surface area (Å²) in [5, 5.41) is 6.63. The van der Waals surface area contributed by atoms with E-state index in [0.29, 0.717) is 17.3 Å². The number of amides is 1.